The van der Waals surface area contributed by atoms with E-state index in [1.165, 1.54) is 13.8 Å². The van der Waals surface area contributed by atoms with Gasteiger partial charge in [-0.1, -0.05) is 6.92 Å². The summed E-state index contributed by atoms with van der Waals surface area (Å²) in [6.07, 6.45) is -9.67. The van der Waals surface area contributed by atoms with Crippen LogP contribution in [0.25, 0.3) is 0 Å². The number of rotatable bonds is 31. The van der Waals surface area contributed by atoms with Crippen LogP contribution in [-0.2, 0) is 110 Å². The van der Waals surface area contributed by atoms with Crippen molar-refractivity contribution in [3.8, 4) is 0 Å². The van der Waals surface area contributed by atoms with E-state index in [2.05, 4.69) is 26.6 Å². The highest BCUT2D eigenvalue weighted by molar-refractivity contribution is 5.88. The Balaban J connectivity index is 1.90. The van der Waals surface area contributed by atoms with Crippen LogP contribution in [0.4, 0.5) is 0 Å². The molecule has 5 amide bonds. The third kappa shape index (κ3) is 24.9. The average Bonchev–Trinajstić information content (AvgIpc) is 3.28. The van der Waals surface area contributed by atoms with E-state index in [4.69, 9.17) is 56.8 Å². The largest absolute Gasteiger partial charge is 0.463 e. The third-order valence-corrected chi connectivity index (χ3v) is 10.1. The van der Waals surface area contributed by atoms with Gasteiger partial charge in [0.25, 0.3) is 0 Å². The van der Waals surface area contributed by atoms with Gasteiger partial charge in [-0.3, -0.25) is 52.7 Å². The van der Waals surface area contributed by atoms with E-state index in [-0.39, 0.29) is 72.0 Å². The summed E-state index contributed by atoms with van der Waals surface area (Å²) in [5, 5.41) is 13.1. The number of esters is 6. The molecule has 0 bridgehead atoms. The van der Waals surface area contributed by atoms with Gasteiger partial charge in [-0.25, -0.2) is 0 Å². The molecule has 73 heavy (non-hydrogen) atoms. The van der Waals surface area contributed by atoms with Crippen molar-refractivity contribution in [2.24, 2.45) is 0 Å². The molecular weight excluding hydrogens is 979 g/mol. The highest BCUT2D eigenvalue weighted by Gasteiger charge is 2.52. The molecule has 2 heterocycles. The van der Waals surface area contributed by atoms with Gasteiger partial charge in [-0.2, -0.15) is 0 Å². The van der Waals surface area contributed by atoms with Gasteiger partial charge in [0.1, 0.15) is 43.5 Å². The lowest BCUT2D eigenvalue weighted by atomic mass is 9.96. The number of hydrogen-bond acceptors (Lipinski definition) is 23. The maximum Gasteiger partial charge on any atom is 0.303 e. The first kappa shape index (κ1) is 63.0. The Hall–Kier alpha value is -6.07. The SMILES string of the molecule is CCCC(=O)NC(CCC(=O)NCCOCCOC1OC(COC(C)=O)C(OC(C)=O)C(OC(C)=O)C1NC(C)=O)C(=O)NCCOCCOC1OC(COC(C)=O)C(OC(C)=O)C(OC(C)=O)C1NC(C)=O. The molecule has 2 saturated heterocycles. The molecule has 5 N–H and O–H groups in total. The molecule has 2 fully saturated rings. The molecule has 0 aromatic rings. The maximum atomic E-state index is 13.2. The molecule has 0 aromatic carbocycles. The second kappa shape index (κ2) is 33.6. The van der Waals surface area contributed by atoms with Crippen molar-refractivity contribution in [3.05, 3.63) is 0 Å². The predicted octanol–water partition coefficient (Wildman–Crippen LogP) is -2.34. The first-order valence-corrected chi connectivity index (χ1v) is 23.6. The lowest BCUT2D eigenvalue weighted by molar-refractivity contribution is -0.279. The van der Waals surface area contributed by atoms with Crippen LogP contribution in [0.3, 0.4) is 0 Å². The number of hydrogen-bond donors (Lipinski definition) is 5. The number of amides is 5. The van der Waals surface area contributed by atoms with E-state index in [0.717, 1.165) is 41.5 Å². The Morgan fingerprint density at radius 2 is 0.890 bits per heavy atom. The van der Waals surface area contributed by atoms with E-state index in [9.17, 15) is 52.7 Å². The molecule has 414 valence electrons. The Labute approximate surface area is 422 Å². The minimum atomic E-state index is -1.31. The fraction of sp³-hybridized carbons (Fsp3) is 0.756. The molecule has 0 radical (unpaired) electrons. The van der Waals surface area contributed by atoms with E-state index in [0.29, 0.717) is 6.42 Å². The summed E-state index contributed by atoms with van der Waals surface area (Å²) in [5.41, 5.74) is 0. The van der Waals surface area contributed by atoms with Gasteiger partial charge in [0.05, 0.1) is 39.6 Å². The number of nitrogens with one attached hydrogen (secondary N) is 5. The number of ether oxygens (including phenoxy) is 12. The van der Waals surface area contributed by atoms with Gasteiger partial charge in [-0.05, 0) is 12.8 Å². The van der Waals surface area contributed by atoms with Crippen LogP contribution in [0, 0.1) is 0 Å². The molecular formula is C45H71N5O23. The van der Waals surface area contributed by atoms with Crippen LogP contribution < -0.4 is 26.6 Å². The van der Waals surface area contributed by atoms with Crippen LogP contribution in [0.1, 0.15) is 88.0 Å². The third-order valence-electron chi connectivity index (χ3n) is 10.1. The Bertz CT molecular complexity index is 1870. The first-order valence-electron chi connectivity index (χ1n) is 23.6. The van der Waals surface area contributed by atoms with Crippen molar-refractivity contribution in [3.63, 3.8) is 0 Å². The van der Waals surface area contributed by atoms with Crippen molar-refractivity contribution in [1.29, 1.82) is 0 Å². The van der Waals surface area contributed by atoms with Gasteiger partial charge in [-0.15, -0.1) is 0 Å². The molecule has 2 rings (SSSR count). The topological polar surface area (TPSA) is 359 Å². The Morgan fingerprint density at radius 1 is 0.479 bits per heavy atom. The smallest absolute Gasteiger partial charge is 0.303 e. The average molecular weight is 1050 g/mol. The molecule has 2 aliphatic rings. The summed E-state index contributed by atoms with van der Waals surface area (Å²) in [4.78, 5) is 134. The normalized spacial score (nSPS) is 23.7. The summed E-state index contributed by atoms with van der Waals surface area (Å²) in [6.45, 7) is 9.77. The van der Waals surface area contributed by atoms with Crippen molar-refractivity contribution in [2.45, 2.75) is 155 Å². The van der Waals surface area contributed by atoms with Crippen molar-refractivity contribution >= 4 is 65.4 Å². The van der Waals surface area contributed by atoms with Gasteiger partial charge < -0.3 is 83.4 Å². The molecule has 0 aliphatic carbocycles. The van der Waals surface area contributed by atoms with E-state index < -0.39 is 146 Å². The van der Waals surface area contributed by atoms with E-state index in [1.807, 2.05) is 0 Å². The van der Waals surface area contributed by atoms with Crippen molar-refractivity contribution < 1.29 is 110 Å². The summed E-state index contributed by atoms with van der Waals surface area (Å²) in [6, 6.07) is -3.41. The van der Waals surface area contributed by atoms with E-state index >= 15 is 0 Å². The first-order chi connectivity index (χ1) is 34.5. The second-order valence-corrected chi connectivity index (χ2v) is 16.5. The zero-order valence-electron chi connectivity index (χ0n) is 42.6. The molecule has 11 unspecified atom stereocenters. The van der Waals surface area contributed by atoms with Crippen molar-refractivity contribution in [2.75, 3.05) is 65.9 Å². The zero-order valence-corrected chi connectivity index (χ0v) is 42.6. The molecule has 2 aliphatic heterocycles. The molecule has 0 saturated carbocycles. The molecule has 11 atom stereocenters. The van der Waals surface area contributed by atoms with Crippen LogP contribution in [0.5, 0.6) is 0 Å². The minimum absolute atomic E-state index is 0.0130. The molecule has 28 heteroatoms. The van der Waals surface area contributed by atoms with Crippen LogP contribution >= 0.6 is 0 Å². The Morgan fingerprint density at radius 3 is 1.27 bits per heavy atom. The maximum absolute atomic E-state index is 13.2. The summed E-state index contributed by atoms with van der Waals surface area (Å²) >= 11 is 0. The van der Waals surface area contributed by atoms with E-state index in [1.54, 1.807) is 6.92 Å². The molecule has 0 spiro atoms. The minimum Gasteiger partial charge on any atom is -0.463 e. The predicted molar refractivity (Wildman–Crippen MR) is 244 cm³/mol. The summed E-state index contributed by atoms with van der Waals surface area (Å²) < 4.78 is 66.5. The fourth-order valence-corrected chi connectivity index (χ4v) is 7.28. The Kier molecular flexibility index (Phi) is 29.0. The van der Waals surface area contributed by atoms with Gasteiger partial charge >= 0.3 is 35.8 Å². The van der Waals surface area contributed by atoms with Gasteiger partial charge in [0, 0.05) is 81.3 Å². The standard InChI is InChI=1S/C45H71N5O23/c1-10-11-36(60)50-32(43(61)47-15-17-63-19-21-65-45-38(49-25(3)52)42(71-31(9)58)40(69-29(7)56)34(73-45)23-67-27(5)54)12-13-35(59)46-14-16-62-18-20-64-44-37(48-24(2)51)41(70-30(8)57)39(68-28(6)55)33(72-44)22-66-26(4)53/h32-34,37-42,44-45H,10-23H2,1-9H3,(H,46,59)(H,47,61)(H,48,51)(H,49,52)(H,50,60). The quantitative estimate of drug-likeness (QED) is 0.0276. The molecule has 0 aromatic heterocycles. The highest BCUT2D eigenvalue weighted by Crippen LogP contribution is 2.29. The van der Waals surface area contributed by atoms with Crippen LogP contribution in [-0.4, -0.2) is 199 Å². The van der Waals surface area contributed by atoms with Crippen LogP contribution in [0.15, 0.2) is 0 Å². The van der Waals surface area contributed by atoms with Gasteiger partial charge in [0.15, 0.2) is 37.0 Å². The number of carbonyl (C=O) groups excluding carboxylic acids is 11. The lowest BCUT2D eigenvalue weighted by Gasteiger charge is -2.44. The molecule has 28 nitrogen and oxygen atoms in total. The monoisotopic (exact) mass is 1050 g/mol. The zero-order chi connectivity index (χ0) is 54.6. The van der Waals surface area contributed by atoms with Crippen molar-refractivity contribution in [1.82, 2.24) is 26.6 Å². The fourth-order valence-electron chi connectivity index (χ4n) is 7.28. The van der Waals surface area contributed by atoms with Gasteiger partial charge in [0.2, 0.25) is 29.5 Å². The second-order valence-electron chi connectivity index (χ2n) is 16.5. The summed E-state index contributed by atoms with van der Waals surface area (Å²) in [7, 11) is 0. The van der Waals surface area contributed by atoms with Crippen LogP contribution in [0.2, 0.25) is 0 Å². The lowest BCUT2D eigenvalue weighted by Crippen LogP contribution is -2.66. The summed E-state index contributed by atoms with van der Waals surface area (Å²) in [5.74, 6) is -6.90. The highest BCUT2D eigenvalue weighted by atomic mass is 16.7. The number of carbonyl (C=O) groups is 11.